The molecule has 0 bridgehead atoms. The van der Waals surface area contributed by atoms with Crippen molar-refractivity contribution in [2.45, 2.75) is 24.9 Å². The van der Waals surface area contributed by atoms with E-state index in [0.29, 0.717) is 0 Å². The van der Waals surface area contributed by atoms with Gasteiger partial charge >= 0.3 is 23.9 Å². The number of nitrogens with zero attached hydrogens (tertiary/aromatic N) is 1. The molecule has 0 heterocycles. The van der Waals surface area contributed by atoms with Crippen LogP contribution in [0, 0.1) is 0 Å². The normalized spacial score (nSPS) is 12.8. The molecule has 0 aromatic heterocycles. The first kappa shape index (κ1) is 18.2. The average Bonchev–Trinajstić information content (AvgIpc) is 2.34. The third kappa shape index (κ3) is 5.36. The standard InChI is InChI=1S/C10H13NO10/c1-4(21-20)11(5(9(16)17)2-7(12)13)6(10(18)19)3-8(14)15/h5-6,20H,1-3H2,(H,12,13)(H,14,15)(H,16,17)(H,18,19). The van der Waals surface area contributed by atoms with E-state index in [4.69, 9.17) is 25.7 Å². The summed E-state index contributed by atoms with van der Waals surface area (Å²) in [5.41, 5.74) is 0. The fourth-order valence-corrected chi connectivity index (χ4v) is 1.55. The Hall–Kier alpha value is -2.82. The fourth-order valence-electron chi connectivity index (χ4n) is 1.55. The van der Waals surface area contributed by atoms with Gasteiger partial charge in [-0.1, -0.05) is 0 Å². The molecule has 11 nitrogen and oxygen atoms in total. The fraction of sp³-hybridized carbons (Fsp3) is 0.400. The molecule has 0 fully saturated rings. The van der Waals surface area contributed by atoms with Gasteiger partial charge in [0.2, 0.25) is 5.88 Å². The summed E-state index contributed by atoms with van der Waals surface area (Å²) in [4.78, 5) is 47.4. The van der Waals surface area contributed by atoms with Crippen LogP contribution in [-0.4, -0.2) is 66.5 Å². The highest BCUT2D eigenvalue weighted by Crippen LogP contribution is 2.19. The maximum atomic E-state index is 11.1. The summed E-state index contributed by atoms with van der Waals surface area (Å²) in [6.07, 6.45) is -2.14. The first-order valence-corrected chi connectivity index (χ1v) is 5.29. The van der Waals surface area contributed by atoms with Gasteiger partial charge in [-0.15, -0.1) is 0 Å². The molecule has 0 radical (unpaired) electrons. The minimum atomic E-state index is -2.00. The van der Waals surface area contributed by atoms with Gasteiger partial charge in [0.05, 0.1) is 12.8 Å². The Morgan fingerprint density at radius 2 is 1.24 bits per heavy atom. The van der Waals surface area contributed by atoms with Gasteiger partial charge in [0.25, 0.3) is 0 Å². The Kier molecular flexibility index (Phi) is 6.66. The molecule has 0 aromatic carbocycles. The molecule has 11 heteroatoms. The Morgan fingerprint density at radius 3 is 1.43 bits per heavy atom. The molecule has 5 N–H and O–H groups in total. The van der Waals surface area contributed by atoms with Crippen molar-refractivity contribution >= 4 is 23.9 Å². The molecule has 0 aromatic rings. The summed E-state index contributed by atoms with van der Waals surface area (Å²) in [6.45, 7) is 3.04. The number of hydrogen-bond acceptors (Lipinski definition) is 7. The average molecular weight is 307 g/mol. The predicted octanol–water partition coefficient (Wildman–Crippen LogP) is -0.895. The van der Waals surface area contributed by atoms with Crippen LogP contribution in [0.1, 0.15) is 12.8 Å². The molecule has 0 rings (SSSR count). The van der Waals surface area contributed by atoms with E-state index in [1.54, 1.807) is 0 Å². The molecule has 0 aliphatic rings. The summed E-state index contributed by atoms with van der Waals surface area (Å²) in [6, 6.07) is -4.00. The number of rotatable bonds is 10. The largest absolute Gasteiger partial charge is 0.481 e. The Morgan fingerprint density at radius 1 is 0.905 bits per heavy atom. The lowest BCUT2D eigenvalue weighted by Crippen LogP contribution is -2.51. The zero-order valence-corrected chi connectivity index (χ0v) is 10.5. The monoisotopic (exact) mass is 307 g/mol. The third-order valence-electron chi connectivity index (χ3n) is 2.37. The Bertz CT molecular complexity index is 425. The number of aliphatic carboxylic acids is 4. The highest BCUT2D eigenvalue weighted by Gasteiger charge is 2.39. The minimum Gasteiger partial charge on any atom is -0.481 e. The lowest BCUT2D eigenvalue weighted by atomic mass is 10.1. The topological polar surface area (TPSA) is 182 Å². The van der Waals surface area contributed by atoms with E-state index >= 15 is 0 Å². The molecule has 2 unspecified atom stereocenters. The molecule has 2 atom stereocenters. The van der Waals surface area contributed by atoms with Crippen LogP contribution >= 0.6 is 0 Å². The maximum absolute atomic E-state index is 11.1. The first-order valence-electron chi connectivity index (χ1n) is 5.29. The molecular formula is C10H13NO10. The lowest BCUT2D eigenvalue weighted by molar-refractivity contribution is -0.232. The van der Waals surface area contributed by atoms with Crippen molar-refractivity contribution in [2.24, 2.45) is 0 Å². The van der Waals surface area contributed by atoms with Gasteiger partial charge in [-0.2, -0.15) is 0 Å². The summed E-state index contributed by atoms with van der Waals surface area (Å²) in [7, 11) is 0. The van der Waals surface area contributed by atoms with Crippen molar-refractivity contribution in [1.29, 1.82) is 0 Å². The van der Waals surface area contributed by atoms with E-state index in [0.717, 1.165) is 0 Å². The quantitative estimate of drug-likeness (QED) is 0.191. The van der Waals surface area contributed by atoms with Crippen LogP contribution in [0.5, 0.6) is 0 Å². The van der Waals surface area contributed by atoms with Crippen molar-refractivity contribution in [2.75, 3.05) is 0 Å². The van der Waals surface area contributed by atoms with E-state index < -0.39 is 54.7 Å². The smallest absolute Gasteiger partial charge is 0.327 e. The highest BCUT2D eigenvalue weighted by molar-refractivity contribution is 5.84. The van der Waals surface area contributed by atoms with Gasteiger partial charge in [-0.25, -0.2) is 14.8 Å². The van der Waals surface area contributed by atoms with Gasteiger partial charge < -0.3 is 30.2 Å². The van der Waals surface area contributed by atoms with Crippen molar-refractivity contribution in [3.8, 4) is 0 Å². The third-order valence-corrected chi connectivity index (χ3v) is 2.37. The van der Waals surface area contributed by atoms with E-state index in [-0.39, 0.29) is 4.90 Å². The second-order valence-electron chi connectivity index (χ2n) is 3.80. The van der Waals surface area contributed by atoms with Gasteiger partial charge in [-0.3, -0.25) is 9.59 Å². The van der Waals surface area contributed by atoms with E-state index in [9.17, 15) is 19.2 Å². The number of carboxylic acids is 4. The second kappa shape index (κ2) is 7.69. The van der Waals surface area contributed by atoms with Crippen LogP contribution < -0.4 is 0 Å². The lowest BCUT2D eigenvalue weighted by Gasteiger charge is -2.33. The molecule has 0 amide bonds. The van der Waals surface area contributed by atoms with Crippen LogP contribution in [0.15, 0.2) is 12.5 Å². The molecular weight excluding hydrogens is 294 g/mol. The van der Waals surface area contributed by atoms with E-state index in [2.05, 4.69) is 11.5 Å². The van der Waals surface area contributed by atoms with E-state index in [1.807, 2.05) is 0 Å². The van der Waals surface area contributed by atoms with E-state index in [1.165, 1.54) is 0 Å². The van der Waals surface area contributed by atoms with Gasteiger partial charge in [-0.05, 0) is 6.58 Å². The van der Waals surface area contributed by atoms with Gasteiger partial charge in [0.1, 0.15) is 12.1 Å². The summed E-state index contributed by atoms with van der Waals surface area (Å²) in [5.74, 6) is -7.59. The molecule has 0 saturated carbocycles. The number of carboxylic acid groups (broad SMARTS) is 4. The molecule has 0 aliphatic heterocycles. The Balaban J connectivity index is 5.73. The molecule has 0 spiro atoms. The zero-order valence-electron chi connectivity index (χ0n) is 10.5. The maximum Gasteiger partial charge on any atom is 0.327 e. The summed E-state index contributed by atoms with van der Waals surface area (Å²) >= 11 is 0. The summed E-state index contributed by atoms with van der Waals surface area (Å²) in [5, 5.41) is 43.8. The van der Waals surface area contributed by atoms with Crippen LogP contribution in [0.3, 0.4) is 0 Å². The SMILES string of the molecule is C=C(OO)N(C(CC(=O)O)C(=O)O)C(CC(=O)O)C(=O)O. The predicted molar refractivity (Wildman–Crippen MR) is 62.0 cm³/mol. The van der Waals surface area contributed by atoms with Crippen molar-refractivity contribution in [3.05, 3.63) is 12.5 Å². The second-order valence-corrected chi connectivity index (χ2v) is 3.80. The van der Waals surface area contributed by atoms with Crippen molar-refractivity contribution in [1.82, 2.24) is 4.90 Å². The van der Waals surface area contributed by atoms with Crippen molar-refractivity contribution < 1.29 is 49.7 Å². The molecule has 118 valence electrons. The van der Waals surface area contributed by atoms with Crippen molar-refractivity contribution in [3.63, 3.8) is 0 Å². The molecule has 0 aliphatic carbocycles. The van der Waals surface area contributed by atoms with Crippen LogP contribution in [-0.2, 0) is 24.1 Å². The van der Waals surface area contributed by atoms with Crippen LogP contribution in [0.4, 0.5) is 0 Å². The minimum absolute atomic E-state index is 0.271. The number of hydrogen-bond donors (Lipinski definition) is 5. The highest BCUT2D eigenvalue weighted by atomic mass is 17.1. The van der Waals surface area contributed by atoms with Gasteiger partial charge in [0.15, 0.2) is 0 Å². The molecule has 0 saturated heterocycles. The number of carbonyl (C=O) groups is 4. The first-order chi connectivity index (χ1) is 9.61. The van der Waals surface area contributed by atoms with Gasteiger partial charge in [0, 0.05) is 0 Å². The zero-order chi connectivity index (χ0) is 16.7. The summed E-state index contributed by atoms with van der Waals surface area (Å²) < 4.78 is 0. The Labute approximate surface area is 117 Å². The van der Waals surface area contributed by atoms with Crippen LogP contribution in [0.25, 0.3) is 0 Å². The van der Waals surface area contributed by atoms with Crippen LogP contribution in [0.2, 0.25) is 0 Å². The molecule has 21 heavy (non-hydrogen) atoms.